The lowest BCUT2D eigenvalue weighted by atomic mass is 10.1. The Morgan fingerprint density at radius 2 is 1.71 bits per heavy atom. The summed E-state index contributed by atoms with van der Waals surface area (Å²) in [5, 5.41) is 5.50. The zero-order valence-electron chi connectivity index (χ0n) is 16.2. The molecule has 0 bridgehead atoms. The number of carbonyl (C=O) groups excluding carboxylic acids is 3. The van der Waals surface area contributed by atoms with Gasteiger partial charge in [-0.3, -0.25) is 14.6 Å². The van der Waals surface area contributed by atoms with Gasteiger partial charge in [-0.05, 0) is 31.5 Å². The number of pyridine rings is 1. The van der Waals surface area contributed by atoms with Crippen LogP contribution >= 0.6 is 0 Å². The molecule has 0 radical (unpaired) electrons. The Bertz CT molecular complexity index is 836. The molecular weight excluding hydrogens is 358 g/mol. The third kappa shape index (κ3) is 5.90. The summed E-state index contributed by atoms with van der Waals surface area (Å²) >= 11 is 0. The molecule has 7 heteroatoms. The quantitative estimate of drug-likeness (QED) is 0.511. The first-order valence-corrected chi connectivity index (χ1v) is 9.37. The van der Waals surface area contributed by atoms with E-state index in [1.807, 2.05) is 0 Å². The van der Waals surface area contributed by atoms with Gasteiger partial charge in [0.05, 0.1) is 29.0 Å². The van der Waals surface area contributed by atoms with Crippen molar-refractivity contribution in [3.63, 3.8) is 0 Å². The molecule has 1 heterocycles. The van der Waals surface area contributed by atoms with Crippen LogP contribution in [0.3, 0.4) is 0 Å². The number of amides is 2. The maximum absolute atomic E-state index is 12.6. The van der Waals surface area contributed by atoms with Crippen molar-refractivity contribution in [3.05, 3.63) is 59.4 Å². The van der Waals surface area contributed by atoms with Gasteiger partial charge in [-0.15, -0.1) is 0 Å². The van der Waals surface area contributed by atoms with Crippen LogP contribution < -0.4 is 10.6 Å². The topological polar surface area (TPSA) is 97.4 Å². The smallest absolute Gasteiger partial charge is 0.340 e. The van der Waals surface area contributed by atoms with Gasteiger partial charge in [-0.1, -0.05) is 31.9 Å². The van der Waals surface area contributed by atoms with Gasteiger partial charge in [-0.25, -0.2) is 4.79 Å². The number of hydrogen-bond acceptors (Lipinski definition) is 5. The molecule has 1 aromatic carbocycles. The monoisotopic (exact) mass is 383 g/mol. The standard InChI is InChI=1S/C21H25N3O4/c1-3-5-8-11-23-19(25)15-12-16(14-22-13-15)20(26)24-18-10-7-6-9-17(18)21(27)28-4-2/h6-7,9-10,12-14H,3-5,8,11H2,1-2H3,(H,23,25)(H,24,26). The summed E-state index contributed by atoms with van der Waals surface area (Å²) in [6.45, 7) is 4.62. The summed E-state index contributed by atoms with van der Waals surface area (Å²) in [5.74, 6) is -1.26. The van der Waals surface area contributed by atoms with E-state index in [2.05, 4.69) is 22.5 Å². The fourth-order valence-electron chi connectivity index (χ4n) is 2.54. The van der Waals surface area contributed by atoms with Crippen molar-refractivity contribution in [2.24, 2.45) is 0 Å². The number of benzene rings is 1. The SMILES string of the molecule is CCCCCNC(=O)c1cncc(C(=O)Nc2ccccc2C(=O)OCC)c1. The fourth-order valence-corrected chi connectivity index (χ4v) is 2.54. The Kier molecular flexibility index (Phi) is 8.14. The number of nitrogens with one attached hydrogen (secondary N) is 2. The summed E-state index contributed by atoms with van der Waals surface area (Å²) in [4.78, 5) is 40.8. The van der Waals surface area contributed by atoms with E-state index >= 15 is 0 Å². The lowest BCUT2D eigenvalue weighted by Gasteiger charge is -2.11. The molecule has 0 fully saturated rings. The number of nitrogens with zero attached hydrogens (tertiary/aromatic N) is 1. The number of ether oxygens (including phenoxy) is 1. The van der Waals surface area contributed by atoms with Crippen LogP contribution in [0.5, 0.6) is 0 Å². The summed E-state index contributed by atoms with van der Waals surface area (Å²) in [7, 11) is 0. The Balaban J connectivity index is 2.09. The van der Waals surface area contributed by atoms with Crippen LogP contribution in [0.2, 0.25) is 0 Å². The van der Waals surface area contributed by atoms with Gasteiger partial charge in [0.15, 0.2) is 0 Å². The van der Waals surface area contributed by atoms with Gasteiger partial charge >= 0.3 is 5.97 Å². The normalized spacial score (nSPS) is 10.2. The Morgan fingerprint density at radius 3 is 2.43 bits per heavy atom. The minimum atomic E-state index is -0.517. The second-order valence-electron chi connectivity index (χ2n) is 6.15. The number of hydrogen-bond donors (Lipinski definition) is 2. The third-order valence-electron chi connectivity index (χ3n) is 4.00. The molecule has 2 aromatic rings. The van der Waals surface area contributed by atoms with Crippen molar-refractivity contribution in [2.45, 2.75) is 33.1 Å². The highest BCUT2D eigenvalue weighted by atomic mass is 16.5. The summed E-state index contributed by atoms with van der Waals surface area (Å²) in [6.07, 6.45) is 5.80. The summed E-state index contributed by atoms with van der Waals surface area (Å²) in [5.41, 5.74) is 1.12. The van der Waals surface area contributed by atoms with Gasteiger partial charge in [-0.2, -0.15) is 0 Å². The van der Waals surface area contributed by atoms with Crippen molar-refractivity contribution in [3.8, 4) is 0 Å². The van der Waals surface area contributed by atoms with Crippen molar-refractivity contribution in [1.82, 2.24) is 10.3 Å². The van der Waals surface area contributed by atoms with E-state index in [1.165, 1.54) is 18.5 Å². The molecule has 0 spiro atoms. The molecule has 0 atom stereocenters. The number of rotatable bonds is 9. The average Bonchev–Trinajstić information content (AvgIpc) is 2.71. The van der Waals surface area contributed by atoms with Crippen LogP contribution in [0.4, 0.5) is 5.69 Å². The number of unbranched alkanes of at least 4 members (excludes halogenated alkanes) is 2. The van der Waals surface area contributed by atoms with Gasteiger partial charge in [0.1, 0.15) is 0 Å². The highest BCUT2D eigenvalue weighted by Gasteiger charge is 2.16. The Labute approximate surface area is 164 Å². The minimum absolute atomic E-state index is 0.222. The largest absolute Gasteiger partial charge is 0.462 e. The van der Waals surface area contributed by atoms with Gasteiger partial charge in [0, 0.05) is 18.9 Å². The van der Waals surface area contributed by atoms with Crippen LogP contribution in [-0.4, -0.2) is 35.9 Å². The first-order valence-electron chi connectivity index (χ1n) is 9.37. The zero-order valence-corrected chi connectivity index (χ0v) is 16.2. The lowest BCUT2D eigenvalue weighted by Crippen LogP contribution is -2.25. The number of esters is 1. The first kappa shape index (κ1) is 21.1. The van der Waals surface area contributed by atoms with Crippen LogP contribution in [0.25, 0.3) is 0 Å². The molecular formula is C21H25N3O4. The van der Waals surface area contributed by atoms with E-state index in [-0.39, 0.29) is 23.6 Å². The van der Waals surface area contributed by atoms with Gasteiger partial charge in [0.2, 0.25) is 0 Å². The van der Waals surface area contributed by atoms with Crippen molar-refractivity contribution < 1.29 is 19.1 Å². The number of para-hydroxylation sites is 1. The molecule has 28 heavy (non-hydrogen) atoms. The van der Waals surface area contributed by atoms with E-state index in [9.17, 15) is 14.4 Å². The molecule has 0 aliphatic rings. The van der Waals surface area contributed by atoms with E-state index in [0.29, 0.717) is 17.8 Å². The Hall–Kier alpha value is -3.22. The van der Waals surface area contributed by atoms with E-state index in [4.69, 9.17) is 4.74 Å². The molecule has 148 valence electrons. The number of carbonyl (C=O) groups is 3. The van der Waals surface area contributed by atoms with E-state index in [1.54, 1.807) is 31.2 Å². The van der Waals surface area contributed by atoms with Crippen molar-refractivity contribution in [2.75, 3.05) is 18.5 Å². The maximum Gasteiger partial charge on any atom is 0.340 e. The lowest BCUT2D eigenvalue weighted by molar-refractivity contribution is 0.0527. The number of aromatic nitrogens is 1. The molecule has 0 saturated heterocycles. The molecule has 0 saturated carbocycles. The Morgan fingerprint density at radius 1 is 1.00 bits per heavy atom. The predicted molar refractivity (Wildman–Crippen MR) is 106 cm³/mol. The van der Waals surface area contributed by atoms with Crippen LogP contribution in [0.1, 0.15) is 64.2 Å². The van der Waals surface area contributed by atoms with Crippen LogP contribution in [0, 0.1) is 0 Å². The van der Waals surface area contributed by atoms with E-state index in [0.717, 1.165) is 19.3 Å². The van der Waals surface area contributed by atoms with Crippen LogP contribution in [-0.2, 0) is 4.74 Å². The number of anilines is 1. The maximum atomic E-state index is 12.6. The molecule has 2 amide bonds. The second-order valence-corrected chi connectivity index (χ2v) is 6.15. The minimum Gasteiger partial charge on any atom is -0.462 e. The summed E-state index contributed by atoms with van der Waals surface area (Å²) < 4.78 is 5.01. The van der Waals surface area contributed by atoms with Crippen LogP contribution in [0.15, 0.2) is 42.7 Å². The summed E-state index contributed by atoms with van der Waals surface area (Å²) in [6, 6.07) is 8.06. The molecule has 0 aliphatic heterocycles. The zero-order chi connectivity index (χ0) is 20.4. The van der Waals surface area contributed by atoms with Gasteiger partial charge in [0.25, 0.3) is 11.8 Å². The molecule has 2 rings (SSSR count). The molecule has 0 unspecified atom stereocenters. The van der Waals surface area contributed by atoms with Crippen molar-refractivity contribution in [1.29, 1.82) is 0 Å². The third-order valence-corrected chi connectivity index (χ3v) is 4.00. The molecule has 0 aliphatic carbocycles. The second kappa shape index (κ2) is 10.8. The average molecular weight is 383 g/mol. The molecule has 2 N–H and O–H groups in total. The predicted octanol–water partition coefficient (Wildman–Crippen LogP) is 3.43. The first-order chi connectivity index (χ1) is 13.6. The highest BCUT2D eigenvalue weighted by Crippen LogP contribution is 2.17. The fraction of sp³-hybridized carbons (Fsp3) is 0.333. The molecule has 1 aromatic heterocycles. The van der Waals surface area contributed by atoms with Gasteiger partial charge < -0.3 is 15.4 Å². The molecule has 7 nitrogen and oxygen atoms in total. The van der Waals surface area contributed by atoms with Crippen molar-refractivity contribution >= 4 is 23.5 Å². The van der Waals surface area contributed by atoms with E-state index < -0.39 is 11.9 Å². The highest BCUT2D eigenvalue weighted by molar-refractivity contribution is 6.08.